The summed E-state index contributed by atoms with van der Waals surface area (Å²) in [7, 11) is 0. The van der Waals surface area contributed by atoms with Gasteiger partial charge in [-0.25, -0.2) is 9.97 Å². The monoisotopic (exact) mass is 453 g/mol. The summed E-state index contributed by atoms with van der Waals surface area (Å²) >= 11 is 5.97. The van der Waals surface area contributed by atoms with Crippen LogP contribution in [0.2, 0.25) is 5.28 Å². The van der Waals surface area contributed by atoms with E-state index in [0.29, 0.717) is 17.9 Å². The van der Waals surface area contributed by atoms with Crippen LogP contribution in [0.15, 0.2) is 6.33 Å². The van der Waals surface area contributed by atoms with Crippen molar-refractivity contribution in [1.29, 1.82) is 0 Å². The van der Waals surface area contributed by atoms with Crippen LogP contribution in [-0.2, 0) is 4.84 Å². The fraction of sp³-hybridized carbons (Fsp3) is 0.875. The first kappa shape index (κ1) is 26.3. The number of hydrogen-bond acceptors (Lipinski definition) is 6. The summed E-state index contributed by atoms with van der Waals surface area (Å²) < 4.78 is 0. The highest BCUT2D eigenvalue weighted by Gasteiger charge is 2.48. The van der Waals surface area contributed by atoms with E-state index in [1.54, 1.807) is 0 Å². The SMILES string of the molecule is CCCCCCCCON1C(C)(C)CC(C(CCC)Nc2ncnc(Cl)n2)CC1(C)C. The number of aromatic nitrogens is 3. The Morgan fingerprint density at radius 3 is 2.29 bits per heavy atom. The summed E-state index contributed by atoms with van der Waals surface area (Å²) in [5.41, 5.74) is -0.0852. The summed E-state index contributed by atoms with van der Waals surface area (Å²) in [5.74, 6) is 1.06. The lowest BCUT2D eigenvalue weighted by atomic mass is 9.71. The van der Waals surface area contributed by atoms with Gasteiger partial charge in [-0.15, -0.1) is 0 Å². The lowest BCUT2D eigenvalue weighted by Crippen LogP contribution is -2.62. The Hall–Kier alpha value is -0.980. The summed E-state index contributed by atoms with van der Waals surface area (Å²) in [6.07, 6.45) is 13.4. The summed E-state index contributed by atoms with van der Waals surface area (Å²) in [6, 6.07) is 0.294. The van der Waals surface area contributed by atoms with E-state index in [9.17, 15) is 0 Å². The van der Waals surface area contributed by atoms with E-state index in [0.717, 1.165) is 38.7 Å². The van der Waals surface area contributed by atoms with Gasteiger partial charge in [-0.05, 0) is 70.9 Å². The highest BCUT2D eigenvalue weighted by Crippen LogP contribution is 2.43. The number of unbranched alkanes of at least 4 members (excludes halogenated alkanes) is 5. The van der Waals surface area contributed by atoms with Gasteiger partial charge in [-0.3, -0.25) is 4.84 Å². The van der Waals surface area contributed by atoms with Crippen LogP contribution in [0.4, 0.5) is 5.95 Å². The molecule has 1 aliphatic heterocycles. The quantitative estimate of drug-likeness (QED) is 0.336. The first-order valence-corrected chi connectivity index (χ1v) is 12.6. The van der Waals surface area contributed by atoms with Crippen LogP contribution in [0.5, 0.6) is 0 Å². The molecule has 0 aromatic carbocycles. The molecule has 0 spiro atoms. The van der Waals surface area contributed by atoms with Crippen LogP contribution in [0, 0.1) is 5.92 Å². The van der Waals surface area contributed by atoms with Crippen molar-refractivity contribution in [1.82, 2.24) is 20.0 Å². The van der Waals surface area contributed by atoms with Gasteiger partial charge >= 0.3 is 0 Å². The lowest BCUT2D eigenvalue weighted by molar-refractivity contribution is -0.288. The first-order valence-electron chi connectivity index (χ1n) is 12.2. The Labute approximate surface area is 194 Å². The zero-order valence-electron chi connectivity index (χ0n) is 20.6. The van der Waals surface area contributed by atoms with E-state index in [1.807, 2.05) is 0 Å². The zero-order valence-corrected chi connectivity index (χ0v) is 21.3. The highest BCUT2D eigenvalue weighted by atomic mass is 35.5. The molecule has 0 amide bonds. The zero-order chi connectivity index (χ0) is 22.9. The van der Waals surface area contributed by atoms with Gasteiger partial charge < -0.3 is 5.32 Å². The molecule has 1 unspecified atom stereocenters. The second kappa shape index (κ2) is 12.3. The van der Waals surface area contributed by atoms with Crippen molar-refractivity contribution in [2.75, 3.05) is 11.9 Å². The van der Waals surface area contributed by atoms with Gasteiger partial charge in [-0.2, -0.15) is 10.0 Å². The average molecular weight is 454 g/mol. The van der Waals surface area contributed by atoms with Crippen molar-refractivity contribution < 1.29 is 4.84 Å². The van der Waals surface area contributed by atoms with Crippen molar-refractivity contribution in [2.24, 2.45) is 5.92 Å². The molecule has 1 fully saturated rings. The number of hydrogen-bond donors (Lipinski definition) is 1. The third-order valence-electron chi connectivity index (χ3n) is 6.37. The predicted molar refractivity (Wildman–Crippen MR) is 129 cm³/mol. The molecule has 1 N–H and O–H groups in total. The number of halogens is 1. The molecule has 31 heavy (non-hydrogen) atoms. The van der Waals surface area contributed by atoms with Crippen molar-refractivity contribution in [3.05, 3.63) is 11.6 Å². The molecule has 2 rings (SSSR count). The van der Waals surface area contributed by atoms with Crippen LogP contribution < -0.4 is 5.32 Å². The van der Waals surface area contributed by atoms with Gasteiger partial charge in [0.15, 0.2) is 0 Å². The minimum atomic E-state index is -0.0426. The number of nitrogens with one attached hydrogen (secondary N) is 1. The van der Waals surface area contributed by atoms with Crippen molar-refractivity contribution in [3.8, 4) is 0 Å². The Bertz CT molecular complexity index is 637. The Morgan fingerprint density at radius 1 is 1.03 bits per heavy atom. The molecule has 7 heteroatoms. The molecule has 1 aromatic rings. The van der Waals surface area contributed by atoms with Crippen molar-refractivity contribution in [3.63, 3.8) is 0 Å². The molecule has 1 saturated heterocycles. The molecular formula is C24H44ClN5O. The Morgan fingerprint density at radius 2 is 1.68 bits per heavy atom. The molecule has 1 aliphatic rings. The third-order valence-corrected chi connectivity index (χ3v) is 6.55. The molecule has 0 saturated carbocycles. The van der Waals surface area contributed by atoms with Gasteiger partial charge in [0.25, 0.3) is 0 Å². The highest BCUT2D eigenvalue weighted by molar-refractivity contribution is 6.28. The van der Waals surface area contributed by atoms with Crippen LogP contribution in [0.25, 0.3) is 0 Å². The summed E-state index contributed by atoms with van der Waals surface area (Å²) in [4.78, 5) is 18.8. The Balaban J connectivity index is 1.99. The van der Waals surface area contributed by atoms with Crippen molar-refractivity contribution >= 4 is 17.5 Å². The molecule has 1 atom stereocenters. The van der Waals surface area contributed by atoms with Crippen LogP contribution in [0.1, 0.15) is 106 Å². The largest absolute Gasteiger partial charge is 0.351 e. The normalized spacial score (nSPS) is 20.0. The van der Waals surface area contributed by atoms with E-state index >= 15 is 0 Å². The fourth-order valence-electron chi connectivity index (χ4n) is 5.26. The topological polar surface area (TPSA) is 63.2 Å². The molecule has 178 valence electrons. The van der Waals surface area contributed by atoms with Gasteiger partial charge in [0.05, 0.1) is 6.61 Å². The number of nitrogens with zero attached hydrogens (tertiary/aromatic N) is 4. The number of rotatable bonds is 13. The maximum atomic E-state index is 6.40. The van der Waals surface area contributed by atoms with Gasteiger partial charge in [-0.1, -0.05) is 52.4 Å². The molecule has 0 bridgehead atoms. The summed E-state index contributed by atoms with van der Waals surface area (Å²) in [6.45, 7) is 14.5. The summed E-state index contributed by atoms with van der Waals surface area (Å²) in [5, 5.41) is 6.06. The second-order valence-corrected chi connectivity index (χ2v) is 10.6. The third kappa shape index (κ3) is 8.14. The minimum Gasteiger partial charge on any atom is -0.351 e. The maximum absolute atomic E-state index is 6.40. The van der Waals surface area contributed by atoms with E-state index in [4.69, 9.17) is 16.4 Å². The lowest BCUT2D eigenvalue weighted by Gasteiger charge is -2.55. The van der Waals surface area contributed by atoms with Crippen molar-refractivity contribution in [2.45, 2.75) is 123 Å². The van der Waals surface area contributed by atoms with E-state index in [1.165, 1.54) is 38.4 Å². The standard InChI is InChI=1S/C24H44ClN5O/c1-7-9-10-11-12-13-15-31-30-23(3,4)16-19(17-24(30,5)6)20(14-8-2)28-22-27-18-26-21(25)29-22/h18-20H,7-17H2,1-6H3,(H,26,27,28,29). The minimum absolute atomic E-state index is 0.0426. The average Bonchev–Trinajstić information content (AvgIpc) is 2.68. The molecule has 6 nitrogen and oxygen atoms in total. The van der Waals surface area contributed by atoms with E-state index in [-0.39, 0.29) is 16.4 Å². The fourth-order valence-corrected chi connectivity index (χ4v) is 5.38. The van der Waals surface area contributed by atoms with Gasteiger partial charge in [0.1, 0.15) is 6.33 Å². The number of piperidine rings is 1. The van der Waals surface area contributed by atoms with E-state index in [2.05, 4.69) is 66.9 Å². The second-order valence-electron chi connectivity index (χ2n) is 10.3. The first-order chi connectivity index (χ1) is 14.7. The predicted octanol–water partition coefficient (Wildman–Crippen LogP) is 6.67. The smallest absolute Gasteiger partial charge is 0.227 e. The van der Waals surface area contributed by atoms with Gasteiger partial charge in [0, 0.05) is 17.1 Å². The number of hydroxylamine groups is 2. The molecular weight excluding hydrogens is 410 g/mol. The molecule has 1 aromatic heterocycles. The molecule has 2 heterocycles. The molecule has 0 radical (unpaired) electrons. The maximum Gasteiger partial charge on any atom is 0.227 e. The van der Waals surface area contributed by atoms with E-state index < -0.39 is 0 Å². The Kier molecular flexibility index (Phi) is 10.4. The van der Waals surface area contributed by atoms with Gasteiger partial charge in [0.2, 0.25) is 11.2 Å². The van der Waals surface area contributed by atoms with Crippen LogP contribution >= 0.6 is 11.6 Å². The van der Waals surface area contributed by atoms with Crippen LogP contribution in [-0.4, -0.2) is 43.7 Å². The number of anilines is 1. The van der Waals surface area contributed by atoms with Crippen LogP contribution in [0.3, 0.4) is 0 Å². The molecule has 0 aliphatic carbocycles.